The zero-order valence-electron chi connectivity index (χ0n) is 11.8. The van der Waals surface area contributed by atoms with E-state index in [1.54, 1.807) is 6.08 Å². The Hall–Kier alpha value is -3.36. The number of aliphatic imine (C=N–C) groups is 2. The Morgan fingerprint density at radius 1 is 1.09 bits per heavy atom. The first kappa shape index (κ1) is 15.0. The van der Waals surface area contributed by atoms with Crippen LogP contribution in [0.15, 0.2) is 40.8 Å². The molecule has 0 saturated carbocycles. The average Bonchev–Trinajstić information content (AvgIpc) is 2.79. The lowest BCUT2D eigenvalue weighted by Gasteiger charge is -2.03. The van der Waals surface area contributed by atoms with Crippen LogP contribution in [0.25, 0.3) is 6.08 Å². The van der Waals surface area contributed by atoms with Crippen LogP contribution < -0.4 is 22.9 Å². The SMILES string of the molecule is C=Cc1ccc(Cn2nc(N=C(N)N)nc2N=C(N)N)cc1. The number of guanidine groups is 2. The van der Waals surface area contributed by atoms with Gasteiger partial charge in [-0.1, -0.05) is 36.9 Å². The van der Waals surface area contributed by atoms with Gasteiger partial charge in [-0.2, -0.15) is 15.0 Å². The number of benzene rings is 1. The maximum absolute atomic E-state index is 5.39. The smallest absolute Gasteiger partial charge is 0.273 e. The fourth-order valence-corrected chi connectivity index (χ4v) is 1.72. The highest BCUT2D eigenvalue weighted by molar-refractivity contribution is 5.79. The molecule has 9 nitrogen and oxygen atoms in total. The van der Waals surface area contributed by atoms with Crippen LogP contribution in [-0.4, -0.2) is 26.7 Å². The van der Waals surface area contributed by atoms with E-state index >= 15 is 0 Å². The van der Waals surface area contributed by atoms with Crippen molar-refractivity contribution < 1.29 is 0 Å². The van der Waals surface area contributed by atoms with Crippen LogP contribution in [0.2, 0.25) is 0 Å². The lowest BCUT2D eigenvalue weighted by Crippen LogP contribution is -2.22. The third-order valence-corrected chi connectivity index (χ3v) is 2.65. The van der Waals surface area contributed by atoms with Gasteiger partial charge < -0.3 is 22.9 Å². The molecule has 22 heavy (non-hydrogen) atoms. The van der Waals surface area contributed by atoms with Gasteiger partial charge in [0.15, 0.2) is 11.9 Å². The van der Waals surface area contributed by atoms with Crippen molar-refractivity contribution in [2.45, 2.75) is 6.54 Å². The predicted molar refractivity (Wildman–Crippen MR) is 86.6 cm³/mol. The van der Waals surface area contributed by atoms with Crippen molar-refractivity contribution >= 4 is 29.9 Å². The van der Waals surface area contributed by atoms with E-state index in [-0.39, 0.29) is 23.8 Å². The Labute approximate surface area is 127 Å². The van der Waals surface area contributed by atoms with E-state index in [2.05, 4.69) is 26.6 Å². The molecule has 0 bridgehead atoms. The van der Waals surface area contributed by atoms with Gasteiger partial charge in [0.25, 0.3) is 11.9 Å². The lowest BCUT2D eigenvalue weighted by atomic mass is 10.1. The molecule has 8 N–H and O–H groups in total. The molecule has 9 heteroatoms. The van der Waals surface area contributed by atoms with Crippen LogP contribution in [0, 0.1) is 0 Å². The molecule has 1 aromatic carbocycles. The van der Waals surface area contributed by atoms with Crippen molar-refractivity contribution in [1.82, 2.24) is 14.8 Å². The van der Waals surface area contributed by atoms with Crippen molar-refractivity contribution in [2.75, 3.05) is 0 Å². The highest BCUT2D eigenvalue weighted by Gasteiger charge is 2.10. The van der Waals surface area contributed by atoms with E-state index in [1.165, 1.54) is 4.68 Å². The number of nitrogens with zero attached hydrogens (tertiary/aromatic N) is 5. The largest absolute Gasteiger partial charge is 0.370 e. The van der Waals surface area contributed by atoms with Crippen LogP contribution in [-0.2, 0) is 6.54 Å². The van der Waals surface area contributed by atoms with Gasteiger partial charge in [-0.05, 0) is 11.1 Å². The van der Waals surface area contributed by atoms with Gasteiger partial charge in [0.2, 0.25) is 0 Å². The van der Waals surface area contributed by atoms with Crippen molar-refractivity contribution in [3.63, 3.8) is 0 Å². The van der Waals surface area contributed by atoms with Crippen molar-refractivity contribution in [1.29, 1.82) is 0 Å². The van der Waals surface area contributed by atoms with Crippen LogP contribution in [0.5, 0.6) is 0 Å². The summed E-state index contributed by atoms with van der Waals surface area (Å²) in [6.45, 7) is 4.12. The first-order chi connectivity index (χ1) is 10.5. The minimum Gasteiger partial charge on any atom is -0.370 e. The zero-order chi connectivity index (χ0) is 16.1. The number of hydrogen-bond donors (Lipinski definition) is 4. The highest BCUT2D eigenvalue weighted by Crippen LogP contribution is 2.17. The second-order valence-electron chi connectivity index (χ2n) is 4.39. The van der Waals surface area contributed by atoms with Gasteiger partial charge in [0, 0.05) is 0 Å². The van der Waals surface area contributed by atoms with Crippen molar-refractivity contribution in [2.24, 2.45) is 32.9 Å². The summed E-state index contributed by atoms with van der Waals surface area (Å²) in [7, 11) is 0. The molecule has 0 spiro atoms. The summed E-state index contributed by atoms with van der Waals surface area (Å²) in [5.74, 6) is 0.0196. The molecule has 0 fully saturated rings. The van der Waals surface area contributed by atoms with Crippen LogP contribution >= 0.6 is 0 Å². The number of nitrogens with two attached hydrogens (primary N) is 4. The summed E-state index contributed by atoms with van der Waals surface area (Å²) < 4.78 is 1.50. The molecule has 0 radical (unpaired) electrons. The van der Waals surface area contributed by atoms with E-state index in [4.69, 9.17) is 22.9 Å². The minimum absolute atomic E-state index is 0.0858. The second kappa shape index (κ2) is 6.39. The van der Waals surface area contributed by atoms with E-state index < -0.39 is 0 Å². The van der Waals surface area contributed by atoms with Crippen molar-refractivity contribution in [3.8, 4) is 0 Å². The second-order valence-corrected chi connectivity index (χ2v) is 4.39. The Morgan fingerprint density at radius 2 is 1.73 bits per heavy atom. The summed E-state index contributed by atoms with van der Waals surface area (Å²) >= 11 is 0. The maximum Gasteiger partial charge on any atom is 0.273 e. The summed E-state index contributed by atoms with van der Waals surface area (Å²) in [6, 6.07) is 7.77. The molecule has 0 atom stereocenters. The quantitative estimate of drug-likeness (QED) is 0.441. The topological polar surface area (TPSA) is 160 Å². The fourth-order valence-electron chi connectivity index (χ4n) is 1.72. The van der Waals surface area contributed by atoms with Crippen molar-refractivity contribution in [3.05, 3.63) is 42.0 Å². The molecule has 0 saturated heterocycles. The van der Waals surface area contributed by atoms with E-state index in [0.29, 0.717) is 6.54 Å². The molecule has 0 aliphatic carbocycles. The van der Waals surface area contributed by atoms with Gasteiger partial charge in [0.05, 0.1) is 6.54 Å². The molecule has 2 rings (SSSR count). The third-order valence-electron chi connectivity index (χ3n) is 2.65. The monoisotopic (exact) mass is 299 g/mol. The Bertz CT molecular complexity index is 716. The molecule has 0 aliphatic heterocycles. The number of aromatic nitrogens is 3. The highest BCUT2D eigenvalue weighted by atomic mass is 15.4. The lowest BCUT2D eigenvalue weighted by molar-refractivity contribution is 0.690. The summed E-state index contributed by atoms with van der Waals surface area (Å²) in [5.41, 5.74) is 23.4. The zero-order valence-corrected chi connectivity index (χ0v) is 11.8. The molecule has 1 aromatic heterocycles. The van der Waals surface area contributed by atoms with Gasteiger partial charge in [-0.15, -0.1) is 5.10 Å². The van der Waals surface area contributed by atoms with Crippen LogP contribution in [0.4, 0.5) is 11.9 Å². The summed E-state index contributed by atoms with van der Waals surface area (Å²) in [4.78, 5) is 11.8. The van der Waals surface area contributed by atoms with Gasteiger partial charge >= 0.3 is 0 Å². The van der Waals surface area contributed by atoms with Crippen LogP contribution in [0.1, 0.15) is 11.1 Å². The minimum atomic E-state index is -0.149. The van der Waals surface area contributed by atoms with Gasteiger partial charge in [0.1, 0.15) is 0 Å². The Balaban J connectivity index is 2.34. The normalized spacial score (nSPS) is 10.0. The standard InChI is InChI=1S/C13H17N9/c1-2-8-3-5-9(6-4-8)7-22-13(19-11(16)17)20-12(21-22)18-10(14)15/h2-6H,1,7H2,(H8,14,15,16,17,18,19,20,21). The molecular formula is C13H17N9. The first-order valence-corrected chi connectivity index (χ1v) is 6.33. The maximum atomic E-state index is 5.39. The molecule has 114 valence electrons. The molecular weight excluding hydrogens is 282 g/mol. The number of rotatable bonds is 5. The molecule has 2 aromatic rings. The summed E-state index contributed by atoms with van der Waals surface area (Å²) in [5, 5.41) is 4.16. The third kappa shape index (κ3) is 3.82. The van der Waals surface area contributed by atoms with Crippen LogP contribution in [0.3, 0.4) is 0 Å². The summed E-state index contributed by atoms with van der Waals surface area (Å²) in [6.07, 6.45) is 1.76. The predicted octanol–water partition coefficient (Wildman–Crippen LogP) is -0.221. The van der Waals surface area contributed by atoms with Gasteiger partial charge in [-0.25, -0.2) is 4.68 Å². The van der Waals surface area contributed by atoms with E-state index in [9.17, 15) is 0 Å². The fraction of sp³-hybridized carbons (Fsp3) is 0.0769. The molecule has 1 heterocycles. The average molecular weight is 299 g/mol. The molecule has 0 amide bonds. The molecule has 0 unspecified atom stereocenters. The molecule has 0 aliphatic rings. The van der Waals surface area contributed by atoms with E-state index in [1.807, 2.05) is 24.3 Å². The first-order valence-electron chi connectivity index (χ1n) is 6.33. The van der Waals surface area contributed by atoms with E-state index in [0.717, 1.165) is 11.1 Å². The Kier molecular flexibility index (Phi) is 4.37. The van der Waals surface area contributed by atoms with Gasteiger partial charge in [-0.3, -0.25) is 0 Å². The number of hydrogen-bond acceptors (Lipinski definition) is 4. The Morgan fingerprint density at radius 3 is 2.27 bits per heavy atom.